The Morgan fingerprint density at radius 1 is 1.57 bits per heavy atom. The van der Waals surface area contributed by atoms with Gasteiger partial charge in [-0.15, -0.1) is 0 Å². The Bertz CT molecular complexity index is 713. The summed E-state index contributed by atoms with van der Waals surface area (Å²) in [6, 6.07) is 6.02. The van der Waals surface area contributed by atoms with E-state index in [0.717, 1.165) is 4.68 Å². The fraction of sp³-hybridized carbons (Fsp3) is 0.167. The molecule has 1 aromatic carbocycles. The van der Waals surface area contributed by atoms with Crippen LogP contribution in [0.4, 0.5) is 11.5 Å². The average molecular weight is 311 g/mol. The van der Waals surface area contributed by atoms with Crippen LogP contribution in [0.3, 0.4) is 0 Å². The number of benzene rings is 1. The number of nitrogens with zero attached hydrogens (tertiary/aromatic N) is 3. The monoisotopic (exact) mass is 310 g/mol. The number of aromatic nitrogens is 2. The number of hydrogen-bond acceptors (Lipinski definition) is 5. The Hall–Kier alpha value is -2.61. The van der Waals surface area contributed by atoms with Crippen molar-refractivity contribution in [2.45, 2.75) is 13.5 Å². The quantitative estimate of drug-likeness (QED) is 0.663. The second-order valence-corrected chi connectivity index (χ2v) is 4.61. The Morgan fingerprint density at radius 2 is 2.29 bits per heavy atom. The molecular weight excluding hydrogens is 300 g/mol. The number of nitrogens with one attached hydrogen (secondary N) is 1. The molecule has 1 amide bonds. The highest BCUT2D eigenvalue weighted by Gasteiger charge is 2.24. The summed E-state index contributed by atoms with van der Waals surface area (Å²) < 4.78 is 1.15. The molecule has 0 saturated carbocycles. The molecule has 1 aromatic heterocycles. The zero-order valence-corrected chi connectivity index (χ0v) is 11.7. The lowest BCUT2D eigenvalue weighted by molar-refractivity contribution is -0.389. The van der Waals surface area contributed by atoms with E-state index in [-0.39, 0.29) is 17.3 Å². The molecule has 2 N–H and O–H groups in total. The first kappa shape index (κ1) is 14.8. The number of rotatable bonds is 4. The van der Waals surface area contributed by atoms with Crippen molar-refractivity contribution in [3.05, 3.63) is 45.1 Å². The van der Waals surface area contributed by atoms with Crippen molar-refractivity contribution >= 4 is 29.0 Å². The van der Waals surface area contributed by atoms with Gasteiger partial charge in [-0.1, -0.05) is 17.7 Å². The molecule has 0 aliphatic carbocycles. The van der Waals surface area contributed by atoms with Crippen molar-refractivity contribution in [1.29, 1.82) is 0 Å². The summed E-state index contributed by atoms with van der Waals surface area (Å²) in [5, 5.41) is 26.2. The van der Waals surface area contributed by atoms with Crippen LogP contribution in [-0.2, 0) is 11.3 Å². The number of carbonyl (C=O) groups is 1. The second-order valence-electron chi connectivity index (χ2n) is 4.24. The minimum atomic E-state index is -0.709. The highest BCUT2D eigenvalue weighted by Crippen LogP contribution is 2.26. The van der Waals surface area contributed by atoms with E-state index in [9.17, 15) is 20.0 Å². The van der Waals surface area contributed by atoms with Gasteiger partial charge in [0.1, 0.15) is 12.3 Å². The van der Waals surface area contributed by atoms with Crippen molar-refractivity contribution in [3.8, 4) is 5.75 Å². The molecule has 0 saturated heterocycles. The van der Waals surface area contributed by atoms with Gasteiger partial charge in [0.05, 0.1) is 10.8 Å². The number of phenols is 1. The van der Waals surface area contributed by atoms with Crippen LogP contribution in [0.1, 0.15) is 5.69 Å². The largest absolute Gasteiger partial charge is 0.508 e. The van der Waals surface area contributed by atoms with Gasteiger partial charge >= 0.3 is 5.82 Å². The van der Waals surface area contributed by atoms with Gasteiger partial charge in [-0.25, -0.2) is 0 Å². The van der Waals surface area contributed by atoms with E-state index in [2.05, 4.69) is 10.4 Å². The smallest absolute Gasteiger partial charge is 0.408 e. The van der Waals surface area contributed by atoms with Crippen LogP contribution in [0.2, 0.25) is 5.02 Å². The minimum Gasteiger partial charge on any atom is -0.508 e. The molecule has 0 radical (unpaired) electrons. The predicted octanol–water partition coefficient (Wildman–Crippen LogP) is 2.10. The van der Waals surface area contributed by atoms with Gasteiger partial charge < -0.3 is 20.5 Å². The molecule has 0 bridgehead atoms. The van der Waals surface area contributed by atoms with Gasteiger partial charge in [0.2, 0.25) is 5.91 Å². The van der Waals surface area contributed by atoms with Crippen molar-refractivity contribution in [2.75, 3.05) is 5.32 Å². The van der Waals surface area contributed by atoms with Crippen LogP contribution < -0.4 is 5.32 Å². The molecule has 110 valence electrons. The maximum atomic E-state index is 11.9. The molecule has 0 aliphatic rings. The standard InChI is InChI=1S/C12H11ClN4O4/c1-7-11(13)12(17(20)21)15-16(7)6-10(19)14-8-3-2-4-9(18)5-8/h2-5,18H,6H2,1H3,(H,14,19). The maximum Gasteiger partial charge on any atom is 0.408 e. The number of hydrogen-bond donors (Lipinski definition) is 2. The number of amides is 1. The molecule has 9 heteroatoms. The normalized spacial score (nSPS) is 10.4. The number of phenolic OH excluding ortho intramolecular Hbond substituents is 1. The topological polar surface area (TPSA) is 110 Å². The predicted molar refractivity (Wildman–Crippen MR) is 75.4 cm³/mol. The lowest BCUT2D eigenvalue weighted by Crippen LogP contribution is -2.20. The average Bonchev–Trinajstić information content (AvgIpc) is 2.67. The highest BCUT2D eigenvalue weighted by molar-refractivity contribution is 6.33. The first-order valence-electron chi connectivity index (χ1n) is 5.84. The van der Waals surface area contributed by atoms with E-state index in [4.69, 9.17) is 11.6 Å². The van der Waals surface area contributed by atoms with Crippen LogP contribution >= 0.6 is 11.6 Å². The van der Waals surface area contributed by atoms with E-state index in [1.165, 1.54) is 19.1 Å². The number of nitro groups is 1. The van der Waals surface area contributed by atoms with Crippen LogP contribution in [0.5, 0.6) is 5.75 Å². The van der Waals surface area contributed by atoms with Crippen LogP contribution in [0.25, 0.3) is 0 Å². The molecule has 0 fully saturated rings. The van der Waals surface area contributed by atoms with Crippen molar-refractivity contribution < 1.29 is 14.8 Å². The molecule has 2 aromatic rings. The Kier molecular flexibility index (Phi) is 4.08. The first-order chi connectivity index (χ1) is 9.88. The Balaban J connectivity index is 2.13. The highest BCUT2D eigenvalue weighted by atomic mass is 35.5. The summed E-state index contributed by atoms with van der Waals surface area (Å²) >= 11 is 5.78. The lowest BCUT2D eigenvalue weighted by Gasteiger charge is -2.05. The summed E-state index contributed by atoms with van der Waals surface area (Å²) in [6.07, 6.45) is 0. The fourth-order valence-corrected chi connectivity index (χ4v) is 1.90. The molecule has 1 heterocycles. The Labute approximate surface area is 124 Å². The summed E-state index contributed by atoms with van der Waals surface area (Å²) in [4.78, 5) is 21.9. The molecular formula is C12H11ClN4O4. The third-order valence-electron chi connectivity index (χ3n) is 2.71. The second kappa shape index (κ2) is 5.80. The summed E-state index contributed by atoms with van der Waals surface area (Å²) in [7, 11) is 0. The maximum absolute atomic E-state index is 11.9. The fourth-order valence-electron chi connectivity index (χ4n) is 1.70. The van der Waals surface area contributed by atoms with Crippen LogP contribution in [0, 0.1) is 17.0 Å². The molecule has 0 unspecified atom stereocenters. The van der Waals surface area contributed by atoms with Gasteiger partial charge in [0, 0.05) is 11.8 Å². The molecule has 0 atom stereocenters. The van der Waals surface area contributed by atoms with Gasteiger partial charge in [-0.2, -0.15) is 4.68 Å². The van der Waals surface area contributed by atoms with E-state index in [1.807, 2.05) is 0 Å². The number of anilines is 1. The van der Waals surface area contributed by atoms with E-state index < -0.39 is 16.6 Å². The van der Waals surface area contributed by atoms with Crippen molar-refractivity contribution in [3.63, 3.8) is 0 Å². The minimum absolute atomic E-state index is 0.0155. The van der Waals surface area contributed by atoms with E-state index >= 15 is 0 Å². The number of halogens is 1. The Morgan fingerprint density at radius 3 is 2.86 bits per heavy atom. The lowest BCUT2D eigenvalue weighted by atomic mass is 10.3. The third kappa shape index (κ3) is 3.29. The number of carbonyl (C=O) groups excluding carboxylic acids is 1. The molecule has 8 nitrogen and oxygen atoms in total. The van der Waals surface area contributed by atoms with Crippen molar-refractivity contribution in [2.24, 2.45) is 0 Å². The third-order valence-corrected chi connectivity index (χ3v) is 3.16. The van der Waals surface area contributed by atoms with Gasteiger partial charge in [0.25, 0.3) is 0 Å². The molecule has 21 heavy (non-hydrogen) atoms. The first-order valence-corrected chi connectivity index (χ1v) is 6.22. The molecule has 0 aliphatic heterocycles. The van der Waals surface area contributed by atoms with E-state index in [1.54, 1.807) is 12.1 Å². The van der Waals surface area contributed by atoms with Crippen LogP contribution in [-0.4, -0.2) is 25.7 Å². The summed E-state index contributed by atoms with van der Waals surface area (Å²) in [5.74, 6) is -0.918. The van der Waals surface area contributed by atoms with Gasteiger partial charge in [-0.05, 0) is 24.0 Å². The SMILES string of the molecule is Cc1c(Cl)c([N+](=O)[O-])nn1CC(=O)Nc1cccc(O)c1. The summed E-state index contributed by atoms with van der Waals surface area (Å²) in [6.45, 7) is 1.30. The van der Waals surface area contributed by atoms with Crippen molar-refractivity contribution in [1.82, 2.24) is 9.78 Å². The van der Waals surface area contributed by atoms with Gasteiger partial charge in [0.15, 0.2) is 5.02 Å². The zero-order valence-electron chi connectivity index (χ0n) is 10.9. The van der Waals surface area contributed by atoms with Crippen LogP contribution in [0.15, 0.2) is 24.3 Å². The number of aromatic hydroxyl groups is 1. The molecule has 2 rings (SSSR count). The molecule has 0 spiro atoms. The van der Waals surface area contributed by atoms with Gasteiger partial charge in [-0.3, -0.25) is 4.79 Å². The zero-order chi connectivity index (χ0) is 15.6. The van der Waals surface area contributed by atoms with E-state index in [0.29, 0.717) is 11.4 Å². The summed E-state index contributed by atoms with van der Waals surface area (Å²) in [5.41, 5.74) is 0.736.